The monoisotopic (exact) mass is 530 g/mol. The third-order valence-electron chi connectivity index (χ3n) is 12.4. The van der Waals surface area contributed by atoms with E-state index in [1.807, 2.05) is 0 Å². The quantitative estimate of drug-likeness (QED) is 0.214. The van der Waals surface area contributed by atoms with Gasteiger partial charge in [-0.1, -0.05) is 60.5 Å². The van der Waals surface area contributed by atoms with Crippen molar-refractivity contribution in [3.63, 3.8) is 0 Å². The average Bonchev–Trinajstić information content (AvgIpc) is 3.24. The van der Waals surface area contributed by atoms with Crippen molar-refractivity contribution in [2.75, 3.05) is 13.2 Å². The summed E-state index contributed by atoms with van der Waals surface area (Å²) in [7, 11) is 0. The van der Waals surface area contributed by atoms with Crippen LogP contribution in [0.5, 0.6) is 0 Å². The molecule has 4 aliphatic carbocycles. The van der Waals surface area contributed by atoms with Crippen LogP contribution >= 0.6 is 0 Å². The van der Waals surface area contributed by atoms with E-state index in [1.54, 1.807) is 0 Å². The highest BCUT2D eigenvalue weighted by atomic mass is 16.5. The van der Waals surface area contributed by atoms with Crippen LogP contribution in [0.2, 0.25) is 0 Å². The topological polar surface area (TPSA) is 66.8 Å². The summed E-state index contributed by atoms with van der Waals surface area (Å²) < 4.78 is 5.94. The number of aliphatic hydroxyl groups is 2. The molecule has 38 heavy (non-hydrogen) atoms. The van der Waals surface area contributed by atoms with Crippen LogP contribution in [0.3, 0.4) is 0 Å². The number of carbonyl (C=O) groups is 1. The third-order valence-corrected chi connectivity index (χ3v) is 12.4. The minimum absolute atomic E-state index is 0.0213. The molecule has 4 nitrogen and oxygen atoms in total. The maximum atomic E-state index is 12.7. The minimum atomic E-state index is -0.341. The third kappa shape index (κ3) is 5.92. The molecule has 0 aliphatic heterocycles. The highest BCUT2D eigenvalue weighted by Crippen LogP contribution is 2.68. The number of ether oxygens (including phenoxy) is 1. The molecule has 0 spiro atoms. The Balaban J connectivity index is 1.35. The number of aliphatic hydroxyl groups excluding tert-OH is 2. The van der Waals surface area contributed by atoms with Crippen LogP contribution < -0.4 is 0 Å². The Bertz CT molecular complexity index is 817. The van der Waals surface area contributed by atoms with Gasteiger partial charge in [0.15, 0.2) is 0 Å². The Hall–Kier alpha value is -0.870. The minimum Gasteiger partial charge on any atom is -0.459 e. The molecule has 3 unspecified atom stereocenters. The molecule has 4 heteroatoms. The van der Waals surface area contributed by atoms with Crippen molar-refractivity contribution in [2.45, 2.75) is 124 Å². The van der Waals surface area contributed by atoms with E-state index in [0.29, 0.717) is 28.7 Å². The zero-order chi connectivity index (χ0) is 27.7. The first-order valence-electron chi connectivity index (χ1n) is 16.1. The molecule has 0 heterocycles. The van der Waals surface area contributed by atoms with Gasteiger partial charge in [-0.2, -0.15) is 0 Å². The van der Waals surface area contributed by atoms with Gasteiger partial charge < -0.3 is 14.9 Å². The first kappa shape index (κ1) is 30.1. The fourth-order valence-electron chi connectivity index (χ4n) is 10.2. The van der Waals surface area contributed by atoms with Crippen LogP contribution in [0.15, 0.2) is 12.2 Å². The van der Waals surface area contributed by atoms with Crippen LogP contribution in [-0.2, 0) is 9.53 Å². The molecular formula is C34H58O4. The molecule has 4 rings (SSSR count). The number of esters is 1. The Kier molecular flexibility index (Phi) is 9.77. The van der Waals surface area contributed by atoms with Crippen molar-refractivity contribution in [3.05, 3.63) is 12.2 Å². The van der Waals surface area contributed by atoms with E-state index in [0.717, 1.165) is 54.8 Å². The van der Waals surface area contributed by atoms with E-state index in [-0.39, 0.29) is 31.2 Å². The van der Waals surface area contributed by atoms with Crippen molar-refractivity contribution in [1.82, 2.24) is 0 Å². The molecule has 0 aromatic carbocycles. The molecule has 0 saturated heterocycles. The first-order valence-corrected chi connectivity index (χ1v) is 16.1. The fraction of sp³-hybridized carbons (Fsp3) is 0.912. The standard InChI is InChI=1S/C34H58O4/c1-22(2)8-7-9-23(3)29-12-13-30-28-11-10-26-19-27(38-32(37)24(4)18-25(20-35)21-36)14-16-33(26,5)31(28)15-17-34(29,30)6/h22-23,25-31,35-36H,4,7-21H2,1-3,5-6H3/t23-,26?,27+,28+,29-,30?,31?,33+,34-/m1/s1. The lowest BCUT2D eigenvalue weighted by molar-refractivity contribution is -0.159. The number of hydrogen-bond acceptors (Lipinski definition) is 4. The maximum absolute atomic E-state index is 12.7. The van der Waals surface area contributed by atoms with Gasteiger partial charge in [-0.15, -0.1) is 0 Å². The van der Waals surface area contributed by atoms with E-state index < -0.39 is 0 Å². The van der Waals surface area contributed by atoms with Gasteiger partial charge in [-0.05, 0) is 116 Å². The van der Waals surface area contributed by atoms with Gasteiger partial charge in [0.25, 0.3) is 0 Å². The lowest BCUT2D eigenvalue weighted by atomic mass is 9.44. The summed E-state index contributed by atoms with van der Waals surface area (Å²) in [6.07, 6.45) is 15.9. The molecule has 4 fully saturated rings. The second-order valence-electron chi connectivity index (χ2n) is 15.0. The fourth-order valence-corrected chi connectivity index (χ4v) is 10.2. The summed E-state index contributed by atoms with van der Waals surface area (Å²) in [5.41, 5.74) is 1.29. The molecule has 4 saturated carbocycles. The van der Waals surface area contributed by atoms with Gasteiger partial charge in [-0.3, -0.25) is 0 Å². The second kappa shape index (κ2) is 12.3. The smallest absolute Gasteiger partial charge is 0.333 e. The van der Waals surface area contributed by atoms with E-state index in [2.05, 4.69) is 41.2 Å². The van der Waals surface area contributed by atoms with Crippen LogP contribution in [-0.4, -0.2) is 35.5 Å². The molecule has 0 aromatic heterocycles. The summed E-state index contributed by atoms with van der Waals surface area (Å²) in [5.74, 6) is 5.17. The molecule has 9 atom stereocenters. The Morgan fingerprint density at radius 2 is 1.61 bits per heavy atom. The van der Waals surface area contributed by atoms with Gasteiger partial charge in [-0.25, -0.2) is 4.79 Å². The highest BCUT2D eigenvalue weighted by Gasteiger charge is 2.60. The van der Waals surface area contributed by atoms with Crippen LogP contribution in [0.1, 0.15) is 118 Å². The van der Waals surface area contributed by atoms with E-state index in [4.69, 9.17) is 4.74 Å². The summed E-state index contributed by atoms with van der Waals surface area (Å²) in [6, 6.07) is 0. The molecule has 0 radical (unpaired) electrons. The van der Waals surface area contributed by atoms with Crippen molar-refractivity contribution in [2.24, 2.45) is 58.2 Å². The Morgan fingerprint density at radius 3 is 2.29 bits per heavy atom. The second-order valence-corrected chi connectivity index (χ2v) is 15.0. The zero-order valence-corrected chi connectivity index (χ0v) is 25.2. The molecule has 218 valence electrons. The van der Waals surface area contributed by atoms with E-state index in [9.17, 15) is 15.0 Å². The molecule has 0 aromatic rings. The van der Waals surface area contributed by atoms with Gasteiger partial charge in [0.05, 0.1) is 0 Å². The predicted molar refractivity (Wildman–Crippen MR) is 154 cm³/mol. The SMILES string of the molecule is C=C(CC(CO)CO)C(=O)O[C@H]1CC[C@@]2(C)C(CC[C@@H]3C2CC[C@@]2(C)C3CC[C@@H]2[C@H](C)CCCC(C)C)C1. The zero-order valence-electron chi connectivity index (χ0n) is 25.2. The van der Waals surface area contributed by atoms with Crippen molar-refractivity contribution in [3.8, 4) is 0 Å². The van der Waals surface area contributed by atoms with Gasteiger partial charge in [0.1, 0.15) is 6.10 Å². The summed E-state index contributed by atoms with van der Waals surface area (Å²) in [4.78, 5) is 12.7. The largest absolute Gasteiger partial charge is 0.459 e. The highest BCUT2D eigenvalue weighted by molar-refractivity contribution is 5.87. The van der Waals surface area contributed by atoms with Gasteiger partial charge >= 0.3 is 5.97 Å². The molecule has 4 aliphatic rings. The molecule has 0 amide bonds. The van der Waals surface area contributed by atoms with Crippen molar-refractivity contribution < 1.29 is 19.7 Å². The number of rotatable bonds is 11. The average molecular weight is 531 g/mol. The maximum Gasteiger partial charge on any atom is 0.333 e. The molecule has 2 N–H and O–H groups in total. The lowest BCUT2D eigenvalue weighted by Crippen LogP contribution is -2.54. The van der Waals surface area contributed by atoms with Crippen molar-refractivity contribution >= 4 is 5.97 Å². The summed E-state index contributed by atoms with van der Waals surface area (Å²) in [5, 5.41) is 18.7. The summed E-state index contributed by atoms with van der Waals surface area (Å²) in [6.45, 7) is 16.1. The van der Waals surface area contributed by atoms with E-state index in [1.165, 1.54) is 57.8 Å². The van der Waals surface area contributed by atoms with Crippen molar-refractivity contribution in [1.29, 1.82) is 0 Å². The Labute approximate surface area is 233 Å². The van der Waals surface area contributed by atoms with Crippen LogP contribution in [0.4, 0.5) is 0 Å². The van der Waals surface area contributed by atoms with E-state index >= 15 is 0 Å². The van der Waals surface area contributed by atoms with Crippen LogP contribution in [0, 0.1) is 58.2 Å². The normalized spacial score (nSPS) is 39.4. The lowest BCUT2D eigenvalue weighted by Gasteiger charge is -2.61. The molecule has 0 bridgehead atoms. The van der Waals surface area contributed by atoms with Crippen LogP contribution in [0.25, 0.3) is 0 Å². The first-order chi connectivity index (χ1) is 18.0. The molecular weight excluding hydrogens is 472 g/mol. The van der Waals surface area contributed by atoms with Gasteiger partial charge in [0.2, 0.25) is 0 Å². The summed E-state index contributed by atoms with van der Waals surface area (Å²) >= 11 is 0. The van der Waals surface area contributed by atoms with Gasteiger partial charge in [0, 0.05) is 24.7 Å². The number of carbonyl (C=O) groups excluding carboxylic acids is 1. The predicted octanol–water partition coefficient (Wildman–Crippen LogP) is 7.57. The Morgan fingerprint density at radius 1 is 0.921 bits per heavy atom. The number of hydrogen-bond donors (Lipinski definition) is 2. The number of fused-ring (bicyclic) bond motifs is 5.